The zero-order valence-corrected chi connectivity index (χ0v) is 12.9. The predicted octanol–water partition coefficient (Wildman–Crippen LogP) is 3.08. The van der Waals surface area contributed by atoms with Crippen molar-refractivity contribution >= 4 is 15.9 Å². The van der Waals surface area contributed by atoms with Gasteiger partial charge in [-0.1, -0.05) is 34.2 Å². The third-order valence-electron chi connectivity index (χ3n) is 4.54. The first-order valence-electron chi connectivity index (χ1n) is 6.89. The van der Waals surface area contributed by atoms with Gasteiger partial charge in [-0.3, -0.25) is 0 Å². The number of ether oxygens (including phenoxy) is 2. The Morgan fingerprint density at radius 2 is 2.35 bits per heavy atom. The number of methoxy groups -OCH3 is 1. The number of benzene rings is 1. The van der Waals surface area contributed by atoms with E-state index in [1.54, 1.807) is 7.11 Å². The summed E-state index contributed by atoms with van der Waals surface area (Å²) in [7, 11) is 1.70. The minimum Gasteiger partial charge on any atom is -0.493 e. The molecule has 1 spiro atoms. The van der Waals surface area contributed by atoms with E-state index in [9.17, 15) is 0 Å². The molecule has 1 N–H and O–H groups in total. The first-order chi connectivity index (χ1) is 9.76. The molecule has 1 aromatic carbocycles. The third-order valence-corrected chi connectivity index (χ3v) is 5.25. The summed E-state index contributed by atoms with van der Waals surface area (Å²) in [6.45, 7) is 1.85. The molecule has 0 radical (unpaired) electrons. The summed E-state index contributed by atoms with van der Waals surface area (Å²) in [5.74, 6) is 1.73. The Morgan fingerprint density at radius 3 is 3.20 bits per heavy atom. The second kappa shape index (κ2) is 4.37. The highest BCUT2D eigenvalue weighted by Gasteiger charge is 2.50. The lowest BCUT2D eigenvalue weighted by Crippen LogP contribution is -2.37. The fraction of sp³-hybridized carbons (Fsp3) is 0.375. The van der Waals surface area contributed by atoms with Crippen molar-refractivity contribution in [3.05, 3.63) is 46.0 Å². The maximum Gasteiger partial charge on any atom is 0.166 e. The topological polar surface area (TPSA) is 30.5 Å². The first-order valence-corrected chi connectivity index (χ1v) is 7.69. The second-order valence-corrected chi connectivity index (χ2v) is 6.35. The quantitative estimate of drug-likeness (QED) is 0.856. The molecule has 2 heterocycles. The molecule has 2 aliphatic heterocycles. The molecule has 0 aromatic heterocycles. The van der Waals surface area contributed by atoms with Crippen molar-refractivity contribution in [3.8, 4) is 11.5 Å². The van der Waals surface area contributed by atoms with Crippen LogP contribution in [0.1, 0.15) is 17.5 Å². The van der Waals surface area contributed by atoms with Crippen molar-refractivity contribution in [2.75, 3.05) is 13.7 Å². The van der Waals surface area contributed by atoms with Gasteiger partial charge in [0.15, 0.2) is 11.5 Å². The zero-order valence-electron chi connectivity index (χ0n) is 11.3. The fourth-order valence-corrected chi connectivity index (χ4v) is 4.14. The monoisotopic (exact) mass is 333 g/mol. The summed E-state index contributed by atoms with van der Waals surface area (Å²) in [5, 5.41) is 3.52. The van der Waals surface area contributed by atoms with Crippen molar-refractivity contribution in [2.45, 2.75) is 24.5 Å². The molecule has 20 heavy (non-hydrogen) atoms. The second-order valence-electron chi connectivity index (χ2n) is 5.49. The van der Waals surface area contributed by atoms with E-state index in [-0.39, 0.29) is 11.5 Å². The normalized spacial score (nSPS) is 29.4. The average Bonchev–Trinajstić information content (AvgIpc) is 2.68. The van der Waals surface area contributed by atoms with E-state index in [0.717, 1.165) is 35.5 Å². The number of hydrogen-bond donors (Lipinski definition) is 1. The summed E-state index contributed by atoms with van der Waals surface area (Å²) < 4.78 is 12.9. The van der Waals surface area contributed by atoms with Crippen LogP contribution in [0.15, 0.2) is 34.8 Å². The minimum atomic E-state index is -0.0556. The highest BCUT2D eigenvalue weighted by Crippen LogP contribution is 2.55. The number of nitrogens with one attached hydrogen (secondary N) is 1. The molecular weight excluding hydrogens is 318 g/mol. The van der Waals surface area contributed by atoms with Crippen molar-refractivity contribution < 1.29 is 9.47 Å². The summed E-state index contributed by atoms with van der Waals surface area (Å²) in [6, 6.07) is 2.01. The molecule has 0 fully saturated rings. The highest BCUT2D eigenvalue weighted by atomic mass is 79.9. The molecule has 0 bridgehead atoms. The van der Waals surface area contributed by atoms with Gasteiger partial charge in [0, 0.05) is 16.6 Å². The lowest BCUT2D eigenvalue weighted by molar-refractivity contribution is 0.205. The highest BCUT2D eigenvalue weighted by molar-refractivity contribution is 9.10. The van der Waals surface area contributed by atoms with Crippen LogP contribution in [0.5, 0.6) is 11.5 Å². The van der Waals surface area contributed by atoms with E-state index in [1.807, 2.05) is 6.07 Å². The van der Waals surface area contributed by atoms with E-state index in [2.05, 4.69) is 45.6 Å². The number of halogens is 1. The van der Waals surface area contributed by atoms with Crippen LogP contribution in [0.3, 0.4) is 0 Å². The molecule has 0 saturated carbocycles. The molecule has 2 atom stereocenters. The van der Waals surface area contributed by atoms with E-state index in [0.29, 0.717) is 0 Å². The fourth-order valence-electron chi connectivity index (χ4n) is 3.60. The van der Waals surface area contributed by atoms with Gasteiger partial charge in [-0.25, -0.2) is 0 Å². The molecular formula is C16H16BrNO2. The van der Waals surface area contributed by atoms with Gasteiger partial charge >= 0.3 is 0 Å². The van der Waals surface area contributed by atoms with Gasteiger partial charge in [0.1, 0.15) is 6.10 Å². The van der Waals surface area contributed by atoms with Gasteiger partial charge in [0.05, 0.1) is 12.5 Å². The van der Waals surface area contributed by atoms with E-state index >= 15 is 0 Å². The molecule has 3 nitrogen and oxygen atoms in total. The molecule has 4 rings (SSSR count). The van der Waals surface area contributed by atoms with Crippen LogP contribution < -0.4 is 14.8 Å². The molecule has 104 valence electrons. The van der Waals surface area contributed by atoms with Crippen LogP contribution in [0.25, 0.3) is 0 Å². The van der Waals surface area contributed by atoms with Crippen LogP contribution in [0.4, 0.5) is 0 Å². The molecule has 3 aliphatic rings. The molecule has 1 aliphatic carbocycles. The van der Waals surface area contributed by atoms with Crippen molar-refractivity contribution in [3.63, 3.8) is 0 Å². The Morgan fingerprint density at radius 1 is 1.45 bits per heavy atom. The van der Waals surface area contributed by atoms with Gasteiger partial charge < -0.3 is 14.8 Å². The van der Waals surface area contributed by atoms with Gasteiger partial charge in [-0.2, -0.15) is 0 Å². The predicted molar refractivity (Wildman–Crippen MR) is 81.4 cm³/mol. The molecule has 1 aromatic rings. The number of rotatable bonds is 1. The maximum atomic E-state index is 6.25. The van der Waals surface area contributed by atoms with Crippen molar-refractivity contribution in [1.82, 2.24) is 5.32 Å². The zero-order chi connectivity index (χ0) is 13.7. The summed E-state index contributed by atoms with van der Waals surface area (Å²) in [5.41, 5.74) is 2.53. The van der Waals surface area contributed by atoms with Gasteiger partial charge in [0.25, 0.3) is 0 Å². The summed E-state index contributed by atoms with van der Waals surface area (Å²) >= 11 is 3.69. The standard InChI is InChI=1S/C16H16BrNO2/c1-19-12-8-11(17)10-9-18-7-6-16-5-3-2-4-13(16)20-15(12)14(10)16/h2-5,8,13,18H,6-7,9H2,1H3. The Balaban J connectivity index is 2.05. The third kappa shape index (κ3) is 1.49. The van der Waals surface area contributed by atoms with Crippen LogP contribution in [-0.2, 0) is 12.0 Å². The van der Waals surface area contributed by atoms with Gasteiger partial charge in [-0.05, 0) is 30.7 Å². The molecule has 2 unspecified atom stereocenters. The molecule has 4 heteroatoms. The summed E-state index contributed by atoms with van der Waals surface area (Å²) in [4.78, 5) is 0. The Hall–Kier alpha value is -1.26. The van der Waals surface area contributed by atoms with Crippen molar-refractivity contribution in [1.29, 1.82) is 0 Å². The van der Waals surface area contributed by atoms with Crippen molar-refractivity contribution in [2.24, 2.45) is 0 Å². The smallest absolute Gasteiger partial charge is 0.166 e. The Kier molecular flexibility index (Phi) is 2.72. The van der Waals surface area contributed by atoms with Gasteiger partial charge in [0.2, 0.25) is 0 Å². The lowest BCUT2D eigenvalue weighted by Gasteiger charge is -2.31. The van der Waals surface area contributed by atoms with Gasteiger partial charge in [-0.15, -0.1) is 0 Å². The molecule has 0 amide bonds. The van der Waals surface area contributed by atoms with E-state index in [1.165, 1.54) is 11.1 Å². The molecule has 0 saturated heterocycles. The van der Waals surface area contributed by atoms with Crippen LogP contribution in [0, 0.1) is 0 Å². The van der Waals surface area contributed by atoms with Crippen LogP contribution in [0.2, 0.25) is 0 Å². The lowest BCUT2D eigenvalue weighted by atomic mass is 9.71. The number of allylic oxidation sites excluding steroid dienone is 2. The minimum absolute atomic E-state index is 0.0556. The largest absolute Gasteiger partial charge is 0.493 e. The SMILES string of the molecule is COc1cc(Br)c2c3c1OC1C=CC=CC31CCNC2. The first kappa shape index (κ1) is 12.5. The van der Waals surface area contributed by atoms with E-state index < -0.39 is 0 Å². The number of hydrogen-bond acceptors (Lipinski definition) is 3. The Bertz CT molecular complexity index is 638. The average molecular weight is 334 g/mol. The Labute approximate surface area is 126 Å². The van der Waals surface area contributed by atoms with Crippen LogP contribution in [-0.4, -0.2) is 19.8 Å². The van der Waals surface area contributed by atoms with Crippen LogP contribution >= 0.6 is 15.9 Å². The maximum absolute atomic E-state index is 6.25. The summed E-state index contributed by atoms with van der Waals surface area (Å²) in [6.07, 6.45) is 9.77. The van der Waals surface area contributed by atoms with E-state index in [4.69, 9.17) is 9.47 Å².